The fourth-order valence-corrected chi connectivity index (χ4v) is 9.74. The van der Waals surface area contributed by atoms with Gasteiger partial charge in [-0.1, -0.05) is 158 Å². The van der Waals surface area contributed by atoms with Crippen molar-refractivity contribution in [3.05, 3.63) is 212 Å². The van der Waals surface area contributed by atoms with Crippen molar-refractivity contribution in [2.75, 3.05) is 0 Å². The summed E-state index contributed by atoms with van der Waals surface area (Å²) >= 11 is 0. The number of para-hydroxylation sites is 3. The molecule has 5 heteroatoms. The number of rotatable bonds is 5. The van der Waals surface area contributed by atoms with Gasteiger partial charge in [-0.3, -0.25) is 0 Å². The number of fused-ring (bicyclic) bond motifs is 12. The summed E-state index contributed by atoms with van der Waals surface area (Å²) in [6.07, 6.45) is 0. The van der Waals surface area contributed by atoms with Gasteiger partial charge in [0.15, 0.2) is 17.5 Å². The molecule has 62 heavy (non-hydrogen) atoms. The van der Waals surface area contributed by atoms with Crippen LogP contribution < -0.4 is 0 Å². The van der Waals surface area contributed by atoms with E-state index >= 15 is 0 Å². The van der Waals surface area contributed by atoms with Gasteiger partial charge in [-0.25, -0.2) is 15.0 Å². The molecule has 0 fully saturated rings. The van der Waals surface area contributed by atoms with Crippen molar-refractivity contribution in [2.24, 2.45) is 0 Å². The lowest BCUT2D eigenvalue weighted by Gasteiger charge is -2.15. The van der Waals surface area contributed by atoms with Crippen molar-refractivity contribution in [1.29, 1.82) is 0 Å². The van der Waals surface area contributed by atoms with Crippen LogP contribution in [0.4, 0.5) is 0 Å². The maximum atomic E-state index is 5.11. The van der Waals surface area contributed by atoms with E-state index in [-0.39, 0.29) is 0 Å². The summed E-state index contributed by atoms with van der Waals surface area (Å²) in [4.78, 5) is 15.2. The van der Waals surface area contributed by atoms with Crippen LogP contribution in [0, 0.1) is 0 Å². The Bertz CT molecular complexity index is 3810. The molecule has 0 saturated heterocycles. The van der Waals surface area contributed by atoms with E-state index in [2.05, 4.69) is 185 Å². The van der Waals surface area contributed by atoms with E-state index in [1.54, 1.807) is 0 Å². The highest BCUT2D eigenvalue weighted by Gasteiger charge is 2.19. The highest BCUT2D eigenvalue weighted by molar-refractivity contribution is 6.26. The molecule has 0 unspecified atom stereocenters. The van der Waals surface area contributed by atoms with Gasteiger partial charge in [0.2, 0.25) is 0 Å². The summed E-state index contributed by atoms with van der Waals surface area (Å²) in [5.41, 5.74) is 9.81. The molecule has 0 aliphatic carbocycles. The Kier molecular flexibility index (Phi) is 7.54. The van der Waals surface area contributed by atoms with E-state index in [9.17, 15) is 0 Å². The number of aromatic nitrogens is 5. The summed E-state index contributed by atoms with van der Waals surface area (Å²) in [5, 5.41) is 12.1. The van der Waals surface area contributed by atoms with Crippen LogP contribution >= 0.6 is 0 Å². The van der Waals surface area contributed by atoms with Crippen LogP contribution in [0.2, 0.25) is 0 Å². The van der Waals surface area contributed by atoms with Gasteiger partial charge in [-0.15, -0.1) is 0 Å². The fourth-order valence-electron chi connectivity index (χ4n) is 9.74. The van der Waals surface area contributed by atoms with Crippen LogP contribution in [0.15, 0.2) is 212 Å². The van der Waals surface area contributed by atoms with Crippen LogP contribution in [0.1, 0.15) is 0 Å². The molecule has 0 amide bonds. The monoisotopic (exact) mass is 789 g/mol. The second-order valence-corrected chi connectivity index (χ2v) is 16.0. The summed E-state index contributed by atoms with van der Waals surface area (Å²) in [7, 11) is 0. The zero-order valence-electron chi connectivity index (χ0n) is 33.4. The molecule has 288 valence electrons. The Labute approximate surface area is 356 Å². The first-order chi connectivity index (χ1) is 30.7. The van der Waals surface area contributed by atoms with Gasteiger partial charge in [-0.05, 0) is 86.9 Å². The zero-order valence-corrected chi connectivity index (χ0v) is 33.4. The molecule has 10 aromatic carbocycles. The normalized spacial score (nSPS) is 11.9. The largest absolute Gasteiger partial charge is 0.309 e. The molecule has 3 aromatic heterocycles. The van der Waals surface area contributed by atoms with E-state index in [0.29, 0.717) is 17.5 Å². The third kappa shape index (κ3) is 5.25. The molecule has 0 radical (unpaired) electrons. The van der Waals surface area contributed by atoms with Gasteiger partial charge in [0.25, 0.3) is 0 Å². The molecule has 0 aliphatic rings. The van der Waals surface area contributed by atoms with Crippen molar-refractivity contribution >= 4 is 75.9 Å². The first kappa shape index (κ1) is 34.5. The van der Waals surface area contributed by atoms with Gasteiger partial charge in [0.05, 0.1) is 22.1 Å². The van der Waals surface area contributed by atoms with Gasteiger partial charge < -0.3 is 9.13 Å². The van der Waals surface area contributed by atoms with E-state index in [4.69, 9.17) is 15.0 Å². The van der Waals surface area contributed by atoms with Crippen LogP contribution in [-0.2, 0) is 0 Å². The molecule has 3 heterocycles. The Morgan fingerprint density at radius 1 is 0.226 bits per heavy atom. The molecular formula is C57H35N5. The van der Waals surface area contributed by atoms with Gasteiger partial charge in [0.1, 0.15) is 0 Å². The maximum absolute atomic E-state index is 5.11. The average Bonchev–Trinajstić information content (AvgIpc) is 3.87. The smallest absolute Gasteiger partial charge is 0.164 e. The highest BCUT2D eigenvalue weighted by Crippen LogP contribution is 2.41. The van der Waals surface area contributed by atoms with Crippen molar-refractivity contribution < 1.29 is 0 Å². The number of benzene rings is 10. The lowest BCUT2D eigenvalue weighted by molar-refractivity contribution is 1.07. The van der Waals surface area contributed by atoms with E-state index in [1.807, 2.05) is 36.4 Å². The Hall–Kier alpha value is -8.41. The minimum absolute atomic E-state index is 0.638. The molecule has 13 rings (SSSR count). The first-order valence-corrected chi connectivity index (χ1v) is 21.0. The van der Waals surface area contributed by atoms with Gasteiger partial charge in [-0.2, -0.15) is 0 Å². The SMILES string of the molecule is c1ccc(-c2nc(-c3ccccc3)nc(-c3ccc4c5ccccc5c5ccc(-n6c7ccccc7c7cc(-n8c9ccccc9c9ccccc98)ccc76)cc5c4c3)n2)cc1. The van der Waals surface area contributed by atoms with Crippen molar-refractivity contribution in [2.45, 2.75) is 0 Å². The second kappa shape index (κ2) is 13.6. The Morgan fingerprint density at radius 3 is 1.11 bits per heavy atom. The highest BCUT2D eigenvalue weighted by atomic mass is 15.0. The maximum Gasteiger partial charge on any atom is 0.164 e. The Balaban J connectivity index is 1.04. The van der Waals surface area contributed by atoms with E-state index in [1.165, 1.54) is 65.0 Å². The minimum Gasteiger partial charge on any atom is -0.309 e. The quantitative estimate of drug-likeness (QED) is 0.163. The number of hydrogen-bond acceptors (Lipinski definition) is 3. The minimum atomic E-state index is 0.638. The fraction of sp³-hybridized carbons (Fsp3) is 0. The molecule has 13 aromatic rings. The van der Waals surface area contributed by atoms with Crippen LogP contribution in [0.25, 0.3) is 121 Å². The third-order valence-electron chi connectivity index (χ3n) is 12.5. The second-order valence-electron chi connectivity index (χ2n) is 16.0. The Morgan fingerprint density at radius 2 is 0.581 bits per heavy atom. The molecule has 0 aliphatic heterocycles. The molecule has 0 bridgehead atoms. The van der Waals surface area contributed by atoms with Crippen molar-refractivity contribution in [3.8, 4) is 45.5 Å². The topological polar surface area (TPSA) is 48.5 Å². The average molecular weight is 790 g/mol. The predicted molar refractivity (Wildman–Crippen MR) is 257 cm³/mol. The lowest BCUT2D eigenvalue weighted by Crippen LogP contribution is -2.00. The molecule has 5 nitrogen and oxygen atoms in total. The molecule has 0 saturated carbocycles. The summed E-state index contributed by atoms with van der Waals surface area (Å²) in [5.74, 6) is 1.93. The van der Waals surface area contributed by atoms with Crippen LogP contribution in [0.3, 0.4) is 0 Å². The summed E-state index contributed by atoms with van der Waals surface area (Å²) < 4.78 is 4.83. The van der Waals surface area contributed by atoms with Gasteiger partial charge >= 0.3 is 0 Å². The molecule has 0 spiro atoms. The molecular weight excluding hydrogens is 755 g/mol. The standard InChI is InChI=1S/C57H35N5/c1-3-15-36(16-4-1)55-58-56(37-17-5-2-6-18-37)60-57(59-55)38-27-30-43-41-19-7-8-20-42(41)44-31-28-39(34-49(44)48(43)33-38)62-53-26-14-11-23-47(53)50-35-40(29-32-54(50)62)61-51-24-12-9-21-45(51)46-22-10-13-25-52(46)61/h1-35H. The van der Waals surface area contributed by atoms with E-state index < -0.39 is 0 Å². The van der Waals surface area contributed by atoms with Gasteiger partial charge in [0, 0.05) is 49.6 Å². The predicted octanol–water partition coefficient (Wildman–Crippen LogP) is 14.5. The molecule has 0 N–H and O–H groups in total. The van der Waals surface area contributed by atoms with Crippen molar-refractivity contribution in [3.63, 3.8) is 0 Å². The number of hydrogen-bond donors (Lipinski definition) is 0. The summed E-state index contributed by atoms with van der Waals surface area (Å²) in [6, 6.07) is 75.8. The first-order valence-electron chi connectivity index (χ1n) is 21.0. The van der Waals surface area contributed by atoms with Crippen LogP contribution in [0.5, 0.6) is 0 Å². The third-order valence-corrected chi connectivity index (χ3v) is 12.5. The van der Waals surface area contributed by atoms with Crippen LogP contribution in [-0.4, -0.2) is 24.1 Å². The zero-order chi connectivity index (χ0) is 40.7. The van der Waals surface area contributed by atoms with Crippen molar-refractivity contribution in [1.82, 2.24) is 24.1 Å². The molecule has 0 atom stereocenters. The summed E-state index contributed by atoms with van der Waals surface area (Å²) in [6.45, 7) is 0. The van der Waals surface area contributed by atoms with E-state index in [0.717, 1.165) is 39.0 Å². The lowest BCUT2D eigenvalue weighted by atomic mass is 9.93. The number of nitrogens with zero attached hydrogens (tertiary/aromatic N) is 5.